The molecule has 0 aromatic heterocycles. The fourth-order valence-electron chi connectivity index (χ4n) is 1.50. The van der Waals surface area contributed by atoms with Crippen molar-refractivity contribution < 1.29 is 4.74 Å². The van der Waals surface area contributed by atoms with Gasteiger partial charge in [0.1, 0.15) is 6.10 Å². The van der Waals surface area contributed by atoms with Crippen molar-refractivity contribution in [3.63, 3.8) is 0 Å². The molecule has 2 aliphatic rings. The molecule has 0 radical (unpaired) electrons. The summed E-state index contributed by atoms with van der Waals surface area (Å²) in [6.45, 7) is 1.87. The molecule has 0 spiro atoms. The maximum atomic E-state index is 5.64. The molecule has 1 aliphatic heterocycles. The quantitative estimate of drug-likeness (QED) is 0.492. The monoisotopic (exact) mass is 177 g/mol. The van der Waals surface area contributed by atoms with Crippen molar-refractivity contribution in [2.24, 2.45) is 0 Å². The summed E-state index contributed by atoms with van der Waals surface area (Å²) in [5.74, 6) is 0. The van der Waals surface area contributed by atoms with E-state index in [0.29, 0.717) is 0 Å². The molecular formula is C9H12AlNO. The summed E-state index contributed by atoms with van der Waals surface area (Å²) in [4.78, 5) is 0. The first kappa shape index (κ1) is 8.28. The highest BCUT2D eigenvalue weighted by molar-refractivity contribution is 6.04. The van der Waals surface area contributed by atoms with Crippen LogP contribution in [0.5, 0.6) is 0 Å². The van der Waals surface area contributed by atoms with Gasteiger partial charge in [-0.3, -0.25) is 0 Å². The molecule has 0 bridgehead atoms. The van der Waals surface area contributed by atoms with Crippen LogP contribution in [0.3, 0.4) is 0 Å². The van der Waals surface area contributed by atoms with Crippen molar-refractivity contribution in [3.8, 4) is 0 Å². The first-order valence-corrected chi connectivity index (χ1v) is 5.10. The van der Waals surface area contributed by atoms with E-state index >= 15 is 0 Å². The molecule has 1 saturated heterocycles. The molecule has 1 unspecified atom stereocenters. The highest BCUT2D eigenvalue weighted by atomic mass is 27.1. The predicted octanol–water partition coefficient (Wildman–Crippen LogP) is 0.245. The number of fused-ring (bicyclic) bond motifs is 1. The summed E-state index contributed by atoms with van der Waals surface area (Å²) in [7, 11) is 0. The van der Waals surface area contributed by atoms with Crippen molar-refractivity contribution in [3.05, 3.63) is 36.0 Å². The van der Waals surface area contributed by atoms with Crippen LogP contribution in [0.25, 0.3) is 0 Å². The number of hydrogen-bond acceptors (Lipinski definition) is 2. The topological polar surface area (TPSA) is 12.5 Å². The summed E-state index contributed by atoms with van der Waals surface area (Å²) in [6, 6.07) is 0. The van der Waals surface area contributed by atoms with E-state index in [4.69, 9.17) is 4.74 Å². The molecule has 0 aromatic rings. The Labute approximate surface area is 80.8 Å². The van der Waals surface area contributed by atoms with Crippen LogP contribution in [0.2, 0.25) is 0 Å². The van der Waals surface area contributed by atoms with E-state index in [1.807, 2.05) is 6.08 Å². The van der Waals surface area contributed by atoms with E-state index in [2.05, 4.69) is 28.2 Å². The van der Waals surface area contributed by atoms with Gasteiger partial charge >= 0.3 is 16.5 Å². The summed E-state index contributed by atoms with van der Waals surface area (Å²) in [5, 5.41) is 0. The number of rotatable bonds is 0. The van der Waals surface area contributed by atoms with E-state index in [0.717, 1.165) is 29.8 Å². The van der Waals surface area contributed by atoms with Gasteiger partial charge in [0.15, 0.2) is 0 Å². The molecule has 62 valence electrons. The number of hydrogen-bond donors (Lipinski definition) is 0. The lowest BCUT2D eigenvalue weighted by atomic mass is 10.1. The summed E-state index contributed by atoms with van der Waals surface area (Å²) in [6.07, 6.45) is 10.7. The second kappa shape index (κ2) is 3.59. The van der Waals surface area contributed by atoms with Crippen LogP contribution < -0.4 is 0 Å². The summed E-state index contributed by atoms with van der Waals surface area (Å²) < 4.78 is 7.94. The largest absolute Gasteiger partial charge is 0.366 e. The SMILES string of the molecule is [AlH2][N]1COC2C=CC=CC=C2C1. The smallest absolute Gasteiger partial charge is 0.325 e. The minimum absolute atomic E-state index is 0.227. The van der Waals surface area contributed by atoms with E-state index in [-0.39, 0.29) is 6.10 Å². The Morgan fingerprint density at radius 1 is 1.42 bits per heavy atom. The Balaban J connectivity index is 2.19. The van der Waals surface area contributed by atoms with Crippen molar-refractivity contribution in [1.82, 2.24) is 3.88 Å². The molecule has 0 aromatic carbocycles. The van der Waals surface area contributed by atoms with Gasteiger partial charge in [-0.15, -0.1) is 0 Å². The molecule has 0 N–H and O–H groups in total. The third kappa shape index (κ3) is 1.70. The lowest BCUT2D eigenvalue weighted by molar-refractivity contribution is 0.0245. The number of ether oxygens (including phenoxy) is 1. The second-order valence-corrected chi connectivity index (χ2v) is 4.51. The molecular weight excluding hydrogens is 165 g/mol. The van der Waals surface area contributed by atoms with Gasteiger partial charge in [0.25, 0.3) is 0 Å². The number of nitrogens with zero attached hydrogens (tertiary/aromatic N) is 1. The minimum Gasteiger partial charge on any atom is -0.366 e. The molecule has 0 saturated carbocycles. The summed E-state index contributed by atoms with van der Waals surface area (Å²) in [5.41, 5.74) is 1.38. The van der Waals surface area contributed by atoms with Gasteiger partial charge in [-0.25, -0.2) is 0 Å². The maximum absolute atomic E-state index is 5.64. The van der Waals surface area contributed by atoms with E-state index < -0.39 is 0 Å². The Kier molecular flexibility index (Phi) is 2.48. The van der Waals surface area contributed by atoms with Crippen LogP contribution in [0.1, 0.15) is 0 Å². The lowest BCUT2D eigenvalue weighted by Crippen LogP contribution is -2.37. The molecule has 2 rings (SSSR count). The zero-order valence-corrected chi connectivity index (χ0v) is 9.23. The van der Waals surface area contributed by atoms with E-state index in [1.165, 1.54) is 5.57 Å². The van der Waals surface area contributed by atoms with Gasteiger partial charge in [-0.1, -0.05) is 30.4 Å². The third-order valence-electron chi connectivity index (χ3n) is 2.11. The van der Waals surface area contributed by atoms with E-state index in [1.54, 1.807) is 0 Å². The zero-order valence-electron chi connectivity index (χ0n) is 7.23. The fourth-order valence-corrected chi connectivity index (χ4v) is 2.01. The van der Waals surface area contributed by atoms with Crippen molar-refractivity contribution in [2.45, 2.75) is 6.10 Å². The first-order chi connectivity index (χ1) is 5.86. The highest BCUT2D eigenvalue weighted by Crippen LogP contribution is 2.17. The van der Waals surface area contributed by atoms with Gasteiger partial charge in [0.2, 0.25) is 0 Å². The van der Waals surface area contributed by atoms with Crippen molar-refractivity contribution >= 4 is 16.5 Å². The Morgan fingerprint density at radius 2 is 2.33 bits per heavy atom. The molecule has 1 heterocycles. The van der Waals surface area contributed by atoms with E-state index in [9.17, 15) is 0 Å². The minimum atomic E-state index is 0.227. The second-order valence-electron chi connectivity index (χ2n) is 3.24. The highest BCUT2D eigenvalue weighted by Gasteiger charge is 2.19. The van der Waals surface area contributed by atoms with Crippen LogP contribution in [0.4, 0.5) is 0 Å². The Morgan fingerprint density at radius 3 is 3.25 bits per heavy atom. The molecule has 1 aliphatic carbocycles. The zero-order chi connectivity index (χ0) is 8.39. The van der Waals surface area contributed by atoms with Crippen molar-refractivity contribution in [1.29, 1.82) is 0 Å². The Hall–Kier alpha value is -0.328. The van der Waals surface area contributed by atoms with Crippen LogP contribution in [0, 0.1) is 0 Å². The van der Waals surface area contributed by atoms with Gasteiger partial charge < -0.3 is 8.62 Å². The molecule has 3 heteroatoms. The van der Waals surface area contributed by atoms with Crippen LogP contribution >= 0.6 is 0 Å². The van der Waals surface area contributed by atoms with Crippen LogP contribution in [-0.4, -0.2) is 39.8 Å². The van der Waals surface area contributed by atoms with Crippen LogP contribution in [-0.2, 0) is 4.74 Å². The van der Waals surface area contributed by atoms with Crippen molar-refractivity contribution in [2.75, 3.05) is 13.3 Å². The van der Waals surface area contributed by atoms with Crippen LogP contribution in [0.15, 0.2) is 36.0 Å². The first-order valence-electron chi connectivity index (χ1n) is 4.20. The fraction of sp³-hybridized carbons (Fsp3) is 0.333. The lowest BCUT2D eigenvalue weighted by Gasteiger charge is -2.31. The molecule has 12 heavy (non-hydrogen) atoms. The molecule has 1 atom stereocenters. The maximum Gasteiger partial charge on any atom is 0.325 e. The average Bonchev–Trinajstić information content (AvgIpc) is 2.28. The normalized spacial score (nSPS) is 29.3. The van der Waals surface area contributed by atoms with Gasteiger partial charge in [0.05, 0.1) is 6.73 Å². The van der Waals surface area contributed by atoms with Gasteiger partial charge in [0, 0.05) is 6.54 Å². The predicted molar refractivity (Wildman–Crippen MR) is 51.4 cm³/mol. The van der Waals surface area contributed by atoms with Gasteiger partial charge in [-0.05, 0) is 5.57 Å². The Bertz CT molecular complexity index is 257. The molecule has 2 nitrogen and oxygen atoms in total. The third-order valence-corrected chi connectivity index (χ3v) is 2.69. The molecule has 0 amide bonds. The average molecular weight is 177 g/mol. The summed E-state index contributed by atoms with van der Waals surface area (Å²) >= 11 is 1.08. The molecule has 1 fully saturated rings. The standard InChI is InChI=1S/C9H10NO.Al.2H/c1-2-4-8-6-10-7-11-9(8)5-3-1;;;/h1-5,9H,6-7H2;;;/q-1;+1;;. The van der Waals surface area contributed by atoms with Gasteiger partial charge in [-0.2, -0.15) is 0 Å². The number of allylic oxidation sites excluding steroid dienone is 4.